The first kappa shape index (κ1) is 14.4. The van der Waals surface area contributed by atoms with Gasteiger partial charge in [0.2, 0.25) is 5.95 Å². The van der Waals surface area contributed by atoms with Gasteiger partial charge in [0.25, 0.3) is 0 Å². The third-order valence-electron chi connectivity index (χ3n) is 3.91. The first-order valence-corrected chi connectivity index (χ1v) is 7.95. The van der Waals surface area contributed by atoms with Gasteiger partial charge in [-0.2, -0.15) is 10.1 Å². The maximum absolute atomic E-state index is 6.39. The van der Waals surface area contributed by atoms with Crippen molar-refractivity contribution in [3.8, 4) is 0 Å². The minimum atomic E-state index is -0.0237. The molecule has 0 aliphatic carbocycles. The minimum absolute atomic E-state index is 0.0237. The SMILES string of the molecule is Clc1ccc(C2=Nc3ncnn3C(c3ccccc3Cl)C2)cc1. The van der Waals surface area contributed by atoms with Crippen LogP contribution in [0.15, 0.2) is 59.9 Å². The molecule has 1 aliphatic heterocycles. The van der Waals surface area contributed by atoms with E-state index in [1.165, 1.54) is 6.33 Å². The van der Waals surface area contributed by atoms with Gasteiger partial charge in [-0.25, -0.2) is 9.67 Å². The largest absolute Gasteiger partial charge is 0.248 e. The smallest absolute Gasteiger partial charge is 0.222 e. The Kier molecular flexibility index (Phi) is 3.63. The van der Waals surface area contributed by atoms with Gasteiger partial charge in [-0.1, -0.05) is 53.5 Å². The number of fused-ring (bicyclic) bond motifs is 1. The molecule has 1 aromatic heterocycles. The molecule has 23 heavy (non-hydrogen) atoms. The molecule has 114 valence electrons. The molecule has 0 radical (unpaired) electrons. The number of hydrogen-bond acceptors (Lipinski definition) is 3. The van der Waals surface area contributed by atoms with Gasteiger partial charge in [-0.05, 0) is 29.3 Å². The molecular weight excluding hydrogens is 331 g/mol. The van der Waals surface area contributed by atoms with Crippen LogP contribution in [0.5, 0.6) is 0 Å². The number of halogens is 2. The van der Waals surface area contributed by atoms with Crippen molar-refractivity contribution < 1.29 is 0 Å². The predicted molar refractivity (Wildman–Crippen MR) is 91.9 cm³/mol. The van der Waals surface area contributed by atoms with E-state index < -0.39 is 0 Å². The van der Waals surface area contributed by atoms with E-state index in [4.69, 9.17) is 23.2 Å². The van der Waals surface area contributed by atoms with Crippen LogP contribution < -0.4 is 0 Å². The Morgan fingerprint density at radius 1 is 1.00 bits per heavy atom. The molecule has 0 spiro atoms. The third-order valence-corrected chi connectivity index (χ3v) is 4.51. The van der Waals surface area contributed by atoms with Crippen LogP contribution in [0.3, 0.4) is 0 Å². The molecule has 6 heteroatoms. The number of aliphatic imine (C=N–C) groups is 1. The summed E-state index contributed by atoms with van der Waals surface area (Å²) >= 11 is 12.4. The van der Waals surface area contributed by atoms with Gasteiger partial charge in [-0.3, -0.25) is 0 Å². The molecule has 0 bridgehead atoms. The van der Waals surface area contributed by atoms with E-state index in [0.29, 0.717) is 17.4 Å². The van der Waals surface area contributed by atoms with Crippen molar-refractivity contribution in [3.05, 3.63) is 76.0 Å². The average Bonchev–Trinajstić information content (AvgIpc) is 3.04. The van der Waals surface area contributed by atoms with Gasteiger partial charge in [-0.15, -0.1) is 0 Å². The average molecular weight is 343 g/mol. The highest BCUT2D eigenvalue weighted by molar-refractivity contribution is 6.31. The first-order valence-electron chi connectivity index (χ1n) is 7.20. The van der Waals surface area contributed by atoms with Crippen molar-refractivity contribution in [1.29, 1.82) is 0 Å². The fourth-order valence-electron chi connectivity index (χ4n) is 2.79. The molecule has 1 unspecified atom stereocenters. The van der Waals surface area contributed by atoms with E-state index in [2.05, 4.69) is 15.1 Å². The van der Waals surface area contributed by atoms with E-state index in [9.17, 15) is 0 Å². The number of aromatic nitrogens is 3. The molecule has 2 aromatic carbocycles. The van der Waals surface area contributed by atoms with Crippen molar-refractivity contribution in [2.24, 2.45) is 4.99 Å². The van der Waals surface area contributed by atoms with Crippen LogP contribution in [0.1, 0.15) is 23.6 Å². The normalized spacial score (nSPS) is 16.8. The molecule has 0 N–H and O–H groups in total. The molecule has 0 fully saturated rings. The molecule has 1 aliphatic rings. The zero-order chi connectivity index (χ0) is 15.8. The summed E-state index contributed by atoms with van der Waals surface area (Å²) in [6.07, 6.45) is 2.22. The molecule has 4 nitrogen and oxygen atoms in total. The summed E-state index contributed by atoms with van der Waals surface area (Å²) < 4.78 is 1.82. The van der Waals surface area contributed by atoms with Gasteiger partial charge >= 0.3 is 0 Å². The fourth-order valence-corrected chi connectivity index (χ4v) is 3.18. The lowest BCUT2D eigenvalue weighted by atomic mass is 9.96. The molecule has 3 aromatic rings. The number of rotatable bonds is 2. The summed E-state index contributed by atoms with van der Waals surface area (Å²) in [5, 5.41) is 5.74. The van der Waals surface area contributed by atoms with Gasteiger partial charge in [0.1, 0.15) is 6.33 Å². The highest BCUT2D eigenvalue weighted by Gasteiger charge is 2.27. The number of nitrogens with zero attached hydrogens (tertiary/aromatic N) is 4. The standard InChI is InChI=1S/C17H12Cl2N4/c18-12-7-5-11(6-8-12)15-9-16(13-3-1-2-4-14(13)19)23-17(22-15)20-10-21-23/h1-8,10,16H,9H2. The van der Waals surface area contributed by atoms with Gasteiger partial charge < -0.3 is 0 Å². The van der Waals surface area contributed by atoms with E-state index in [1.807, 2.05) is 53.2 Å². The van der Waals surface area contributed by atoms with Crippen LogP contribution >= 0.6 is 23.2 Å². The Labute approximate surface area is 143 Å². The molecule has 0 saturated carbocycles. The zero-order valence-corrected chi connectivity index (χ0v) is 13.5. The lowest BCUT2D eigenvalue weighted by Gasteiger charge is -2.24. The lowest BCUT2D eigenvalue weighted by Crippen LogP contribution is -2.21. The van der Waals surface area contributed by atoms with Crippen LogP contribution in [0, 0.1) is 0 Å². The molecule has 2 heterocycles. The van der Waals surface area contributed by atoms with E-state index in [0.717, 1.165) is 21.9 Å². The minimum Gasteiger partial charge on any atom is -0.222 e. The van der Waals surface area contributed by atoms with Gasteiger partial charge in [0.15, 0.2) is 0 Å². The van der Waals surface area contributed by atoms with Crippen LogP contribution in [-0.4, -0.2) is 20.5 Å². The zero-order valence-electron chi connectivity index (χ0n) is 12.0. The maximum Gasteiger partial charge on any atom is 0.248 e. The van der Waals surface area contributed by atoms with Crippen molar-refractivity contribution in [2.75, 3.05) is 0 Å². The summed E-state index contributed by atoms with van der Waals surface area (Å²) in [6.45, 7) is 0. The van der Waals surface area contributed by atoms with Gasteiger partial charge in [0, 0.05) is 16.5 Å². The summed E-state index contributed by atoms with van der Waals surface area (Å²) in [4.78, 5) is 8.88. The molecule has 0 saturated heterocycles. The summed E-state index contributed by atoms with van der Waals surface area (Å²) in [7, 11) is 0. The quantitative estimate of drug-likeness (QED) is 0.677. The van der Waals surface area contributed by atoms with Crippen molar-refractivity contribution in [3.63, 3.8) is 0 Å². The molecule has 0 amide bonds. The molecule has 1 atom stereocenters. The van der Waals surface area contributed by atoms with Crippen molar-refractivity contribution in [1.82, 2.24) is 14.8 Å². The second-order valence-electron chi connectivity index (χ2n) is 5.31. The Bertz CT molecular complexity index is 884. The topological polar surface area (TPSA) is 43.1 Å². The predicted octanol–water partition coefficient (Wildman–Crippen LogP) is 4.70. The van der Waals surface area contributed by atoms with E-state index >= 15 is 0 Å². The Balaban J connectivity index is 1.81. The lowest BCUT2D eigenvalue weighted by molar-refractivity contribution is 0.531. The highest BCUT2D eigenvalue weighted by atomic mass is 35.5. The Hall–Kier alpha value is -2.17. The Morgan fingerprint density at radius 3 is 2.57 bits per heavy atom. The fraction of sp³-hybridized carbons (Fsp3) is 0.118. The summed E-state index contributed by atoms with van der Waals surface area (Å²) in [5.41, 5.74) is 3.00. The van der Waals surface area contributed by atoms with Gasteiger partial charge in [0.05, 0.1) is 11.8 Å². The number of hydrogen-bond donors (Lipinski definition) is 0. The van der Waals surface area contributed by atoms with Crippen molar-refractivity contribution >= 4 is 34.9 Å². The van der Waals surface area contributed by atoms with E-state index in [-0.39, 0.29) is 6.04 Å². The van der Waals surface area contributed by atoms with Crippen LogP contribution in [0.2, 0.25) is 10.0 Å². The maximum atomic E-state index is 6.39. The molecule has 4 rings (SSSR count). The molecular formula is C17H12Cl2N4. The second-order valence-corrected chi connectivity index (χ2v) is 6.16. The Morgan fingerprint density at radius 2 is 1.78 bits per heavy atom. The first-order chi connectivity index (χ1) is 11.2. The summed E-state index contributed by atoms with van der Waals surface area (Å²) in [5.74, 6) is 0.589. The van der Waals surface area contributed by atoms with Crippen molar-refractivity contribution in [2.45, 2.75) is 12.5 Å². The van der Waals surface area contributed by atoms with Crippen LogP contribution in [0.4, 0.5) is 5.95 Å². The third kappa shape index (κ3) is 2.64. The second kappa shape index (κ2) is 5.80. The highest BCUT2D eigenvalue weighted by Crippen LogP contribution is 2.35. The summed E-state index contributed by atoms with van der Waals surface area (Å²) in [6, 6.07) is 15.4. The van der Waals surface area contributed by atoms with Crippen LogP contribution in [0.25, 0.3) is 0 Å². The monoisotopic (exact) mass is 342 g/mol. The van der Waals surface area contributed by atoms with Crippen LogP contribution in [-0.2, 0) is 0 Å². The van der Waals surface area contributed by atoms with E-state index in [1.54, 1.807) is 0 Å². The number of benzene rings is 2.